The van der Waals surface area contributed by atoms with E-state index in [1.807, 2.05) is 52.7 Å². The van der Waals surface area contributed by atoms with E-state index in [9.17, 15) is 4.79 Å². The first kappa shape index (κ1) is 20.1. The molecule has 0 aliphatic carbocycles. The van der Waals surface area contributed by atoms with Gasteiger partial charge in [0.05, 0.1) is 33.1 Å². The summed E-state index contributed by atoms with van der Waals surface area (Å²) in [6.07, 6.45) is 0.733. The molecule has 0 spiro atoms. The largest absolute Gasteiger partial charge is 0.495 e. The number of nitrogens with one attached hydrogen (secondary N) is 1. The molecule has 30 heavy (non-hydrogen) atoms. The summed E-state index contributed by atoms with van der Waals surface area (Å²) in [5.74, 6) is 1.99. The van der Waals surface area contributed by atoms with Gasteiger partial charge < -0.3 is 24.4 Å². The van der Waals surface area contributed by atoms with Gasteiger partial charge in [-0.3, -0.25) is 0 Å². The molecule has 0 unspecified atom stereocenters. The van der Waals surface area contributed by atoms with E-state index in [1.165, 1.54) is 0 Å². The lowest BCUT2D eigenvalue weighted by Gasteiger charge is -2.37. The second kappa shape index (κ2) is 8.67. The van der Waals surface area contributed by atoms with Crippen molar-refractivity contribution in [2.24, 2.45) is 0 Å². The van der Waals surface area contributed by atoms with Crippen LogP contribution in [0.5, 0.6) is 17.2 Å². The smallest absolute Gasteiger partial charge is 0.322 e. The number of amides is 2. The molecule has 3 aromatic rings. The van der Waals surface area contributed by atoms with Crippen LogP contribution in [0.4, 0.5) is 10.5 Å². The summed E-state index contributed by atoms with van der Waals surface area (Å²) in [5, 5.41) is 5.04. The molecule has 2 amide bonds. The Balaban J connectivity index is 1.73. The Labute approximate surface area is 180 Å². The minimum atomic E-state index is -0.205. The Bertz CT molecular complexity index is 1040. The normalized spacial score (nSPS) is 15.3. The molecule has 1 aromatic heterocycles. The average molecular weight is 425 g/mol. The highest BCUT2D eigenvalue weighted by Gasteiger charge is 2.34. The van der Waals surface area contributed by atoms with E-state index in [0.717, 1.165) is 22.4 Å². The van der Waals surface area contributed by atoms with Crippen LogP contribution in [0.3, 0.4) is 0 Å². The number of para-hydroxylation sites is 2. The van der Waals surface area contributed by atoms with Gasteiger partial charge in [0, 0.05) is 11.4 Å². The highest BCUT2D eigenvalue weighted by Crippen LogP contribution is 2.42. The van der Waals surface area contributed by atoms with E-state index < -0.39 is 0 Å². The average Bonchev–Trinajstić information content (AvgIpc) is 3.32. The van der Waals surface area contributed by atoms with Crippen molar-refractivity contribution in [3.05, 3.63) is 69.9 Å². The van der Waals surface area contributed by atoms with E-state index in [2.05, 4.69) is 11.4 Å². The molecule has 0 bridgehead atoms. The van der Waals surface area contributed by atoms with E-state index in [-0.39, 0.29) is 12.1 Å². The summed E-state index contributed by atoms with van der Waals surface area (Å²) in [5.41, 5.74) is 2.86. The second-order valence-corrected chi connectivity index (χ2v) is 7.88. The number of carbonyl (C=O) groups excluding carboxylic acids is 1. The maximum atomic E-state index is 13.3. The zero-order chi connectivity index (χ0) is 21.1. The van der Waals surface area contributed by atoms with Gasteiger partial charge in [0.25, 0.3) is 0 Å². The van der Waals surface area contributed by atoms with Crippen molar-refractivity contribution in [3.63, 3.8) is 0 Å². The summed E-state index contributed by atoms with van der Waals surface area (Å²) in [6, 6.07) is 15.1. The maximum absolute atomic E-state index is 13.3. The predicted octanol–water partition coefficient (Wildman–Crippen LogP) is 4.95. The summed E-state index contributed by atoms with van der Waals surface area (Å²) in [4.78, 5) is 16.3. The fourth-order valence-corrected chi connectivity index (χ4v) is 4.71. The standard InChI is InChI=1S/C23H24N2O4S/c1-27-18-8-5-4-7-17(18)24-23(26)25-11-10-15-13-19(28-2)20(29-3)14-16(15)22(25)21-9-6-12-30-21/h4-9,12-14,22H,10-11H2,1-3H3,(H,24,26)/t22-/m1/s1. The Morgan fingerprint density at radius 1 is 1.00 bits per heavy atom. The highest BCUT2D eigenvalue weighted by atomic mass is 32.1. The molecule has 6 nitrogen and oxygen atoms in total. The number of rotatable bonds is 5. The monoisotopic (exact) mass is 424 g/mol. The van der Waals surface area contributed by atoms with Crippen molar-refractivity contribution < 1.29 is 19.0 Å². The van der Waals surface area contributed by atoms with Crippen molar-refractivity contribution >= 4 is 23.1 Å². The van der Waals surface area contributed by atoms with Crippen LogP contribution >= 0.6 is 11.3 Å². The molecular formula is C23H24N2O4S. The number of urea groups is 1. The van der Waals surface area contributed by atoms with Crippen LogP contribution in [0.25, 0.3) is 0 Å². The van der Waals surface area contributed by atoms with Crippen molar-refractivity contribution in [2.75, 3.05) is 33.2 Å². The number of hydrogen-bond acceptors (Lipinski definition) is 5. The number of thiophene rings is 1. The molecule has 0 saturated carbocycles. The van der Waals surface area contributed by atoms with Crippen LogP contribution in [0.15, 0.2) is 53.9 Å². The molecule has 1 atom stereocenters. The van der Waals surface area contributed by atoms with Gasteiger partial charge in [0.1, 0.15) is 5.75 Å². The van der Waals surface area contributed by atoms with Gasteiger partial charge in [-0.05, 0) is 53.3 Å². The fourth-order valence-electron chi connectivity index (χ4n) is 3.85. The van der Waals surface area contributed by atoms with Crippen molar-refractivity contribution in [2.45, 2.75) is 12.5 Å². The number of benzene rings is 2. The molecule has 7 heteroatoms. The molecule has 1 aliphatic heterocycles. The van der Waals surface area contributed by atoms with Gasteiger partial charge in [-0.1, -0.05) is 18.2 Å². The third-order valence-corrected chi connectivity index (χ3v) is 6.22. The van der Waals surface area contributed by atoms with Crippen LogP contribution in [0.1, 0.15) is 22.0 Å². The molecule has 156 valence electrons. The number of methoxy groups -OCH3 is 3. The zero-order valence-corrected chi connectivity index (χ0v) is 18.0. The number of ether oxygens (including phenoxy) is 3. The first-order valence-electron chi connectivity index (χ1n) is 9.65. The first-order chi connectivity index (χ1) is 14.7. The molecule has 2 aromatic carbocycles. The summed E-state index contributed by atoms with van der Waals surface area (Å²) >= 11 is 1.63. The van der Waals surface area contributed by atoms with Gasteiger partial charge in [-0.2, -0.15) is 0 Å². The summed E-state index contributed by atoms with van der Waals surface area (Å²) < 4.78 is 16.4. The summed E-state index contributed by atoms with van der Waals surface area (Å²) in [6.45, 7) is 0.589. The van der Waals surface area contributed by atoms with Crippen molar-refractivity contribution in [1.29, 1.82) is 0 Å². The highest BCUT2D eigenvalue weighted by molar-refractivity contribution is 7.10. The van der Waals surface area contributed by atoms with Gasteiger partial charge in [0.2, 0.25) is 0 Å². The van der Waals surface area contributed by atoms with Crippen LogP contribution in [-0.2, 0) is 6.42 Å². The number of fused-ring (bicyclic) bond motifs is 1. The minimum Gasteiger partial charge on any atom is -0.495 e. The summed E-state index contributed by atoms with van der Waals surface area (Å²) in [7, 11) is 4.85. The van der Waals surface area contributed by atoms with Gasteiger partial charge in [-0.15, -0.1) is 11.3 Å². The first-order valence-corrected chi connectivity index (χ1v) is 10.5. The molecule has 1 N–H and O–H groups in total. The maximum Gasteiger partial charge on any atom is 0.322 e. The van der Waals surface area contributed by atoms with Crippen LogP contribution in [-0.4, -0.2) is 38.8 Å². The van der Waals surface area contributed by atoms with Gasteiger partial charge in [-0.25, -0.2) is 4.79 Å². The Morgan fingerprint density at radius 3 is 2.43 bits per heavy atom. The number of hydrogen-bond donors (Lipinski definition) is 1. The van der Waals surface area contributed by atoms with E-state index >= 15 is 0 Å². The van der Waals surface area contributed by atoms with Gasteiger partial charge in [0.15, 0.2) is 11.5 Å². The second-order valence-electron chi connectivity index (χ2n) is 6.90. The number of carbonyl (C=O) groups is 1. The van der Waals surface area contributed by atoms with Crippen molar-refractivity contribution in [1.82, 2.24) is 4.90 Å². The number of nitrogens with zero attached hydrogens (tertiary/aromatic N) is 1. The van der Waals surface area contributed by atoms with Crippen LogP contribution in [0.2, 0.25) is 0 Å². The van der Waals surface area contributed by atoms with Crippen molar-refractivity contribution in [3.8, 4) is 17.2 Å². The van der Waals surface area contributed by atoms with Crippen LogP contribution < -0.4 is 19.5 Å². The Hall–Kier alpha value is -3.19. The number of anilines is 1. The molecule has 0 radical (unpaired) electrons. The predicted molar refractivity (Wildman–Crippen MR) is 118 cm³/mol. The minimum absolute atomic E-state index is 0.168. The molecular weight excluding hydrogens is 400 g/mol. The van der Waals surface area contributed by atoms with E-state index in [1.54, 1.807) is 32.7 Å². The molecule has 2 heterocycles. The quantitative estimate of drug-likeness (QED) is 0.629. The van der Waals surface area contributed by atoms with E-state index in [0.29, 0.717) is 29.5 Å². The van der Waals surface area contributed by atoms with E-state index in [4.69, 9.17) is 14.2 Å². The Morgan fingerprint density at radius 2 is 1.73 bits per heavy atom. The molecule has 0 saturated heterocycles. The Kier molecular flexibility index (Phi) is 5.81. The van der Waals surface area contributed by atoms with Crippen LogP contribution in [0, 0.1) is 0 Å². The lowest BCUT2D eigenvalue weighted by atomic mass is 9.91. The lowest BCUT2D eigenvalue weighted by Crippen LogP contribution is -2.42. The third kappa shape index (κ3) is 3.68. The fraction of sp³-hybridized carbons (Fsp3) is 0.261. The SMILES string of the molecule is COc1ccccc1NC(=O)N1CCc2cc(OC)c(OC)cc2[C@@H]1c1cccs1. The van der Waals surface area contributed by atoms with Gasteiger partial charge >= 0.3 is 6.03 Å². The zero-order valence-electron chi connectivity index (χ0n) is 17.2. The third-order valence-electron chi connectivity index (χ3n) is 5.30. The molecule has 4 rings (SSSR count). The molecule has 0 fully saturated rings. The topological polar surface area (TPSA) is 60.0 Å². The molecule has 1 aliphatic rings. The lowest BCUT2D eigenvalue weighted by molar-refractivity contribution is 0.194.